The summed E-state index contributed by atoms with van der Waals surface area (Å²) in [5.74, 6) is -6.69. The van der Waals surface area contributed by atoms with E-state index in [2.05, 4.69) is 25.7 Å². The fraction of sp³-hybridized carbons (Fsp3) is 0.280. The summed E-state index contributed by atoms with van der Waals surface area (Å²) in [7, 11) is 0. The number of pyridine rings is 1. The molecule has 2 N–H and O–H groups in total. The van der Waals surface area contributed by atoms with Crippen LogP contribution in [0.3, 0.4) is 0 Å². The van der Waals surface area contributed by atoms with Gasteiger partial charge in [0, 0.05) is 27.5 Å². The van der Waals surface area contributed by atoms with Gasteiger partial charge in [0.1, 0.15) is 18.1 Å². The number of hydrogen-bond acceptors (Lipinski definition) is 7. The highest BCUT2D eigenvalue weighted by molar-refractivity contribution is 5.92. The Hall–Kier alpha value is -4.39. The quantitative estimate of drug-likeness (QED) is 0.360. The van der Waals surface area contributed by atoms with Crippen molar-refractivity contribution in [2.75, 3.05) is 6.61 Å². The molecule has 0 radical (unpaired) electrons. The lowest BCUT2D eigenvalue weighted by atomic mass is 10.0. The summed E-state index contributed by atoms with van der Waals surface area (Å²) in [6.07, 6.45) is 6.34. The SMILES string of the molecule is [2H]C([2H])([2H])[C@@H](NC(=O)c1ccc(=O)n(-c2cncc(-c3cnnn3C3CC3)c2)n1)c1cccc(C(F)(F)CO)c1F. The maximum absolute atomic E-state index is 15.1. The minimum absolute atomic E-state index is 0.183. The maximum atomic E-state index is 15.1. The molecular formula is C25H22F3N7O3. The van der Waals surface area contributed by atoms with Gasteiger partial charge >= 0.3 is 0 Å². The van der Waals surface area contributed by atoms with Gasteiger partial charge in [0.2, 0.25) is 0 Å². The first kappa shape index (κ1) is 21.7. The number of halogens is 3. The van der Waals surface area contributed by atoms with Gasteiger partial charge in [-0.1, -0.05) is 17.3 Å². The number of rotatable bonds is 8. The molecular weight excluding hydrogens is 503 g/mol. The second kappa shape index (κ2) is 9.82. The highest BCUT2D eigenvalue weighted by atomic mass is 19.3. The molecule has 1 amide bonds. The van der Waals surface area contributed by atoms with Crippen LogP contribution in [0.1, 0.15) is 57.5 Å². The molecule has 1 aliphatic carbocycles. The van der Waals surface area contributed by atoms with E-state index in [1.54, 1.807) is 23.1 Å². The van der Waals surface area contributed by atoms with Crippen LogP contribution >= 0.6 is 0 Å². The van der Waals surface area contributed by atoms with E-state index in [-0.39, 0.29) is 11.7 Å². The average molecular weight is 529 g/mol. The van der Waals surface area contributed by atoms with Crippen LogP contribution < -0.4 is 10.9 Å². The molecule has 1 aliphatic rings. The smallest absolute Gasteiger partial charge is 0.298 e. The molecule has 1 saturated carbocycles. The summed E-state index contributed by atoms with van der Waals surface area (Å²) in [5.41, 5.74) is -1.57. The highest BCUT2D eigenvalue weighted by Crippen LogP contribution is 2.37. The van der Waals surface area contributed by atoms with Crippen LogP contribution in [0.2, 0.25) is 0 Å². The molecule has 13 heteroatoms. The molecule has 0 unspecified atom stereocenters. The zero-order chi connectivity index (χ0) is 29.5. The fourth-order valence-electron chi connectivity index (χ4n) is 3.86. The summed E-state index contributed by atoms with van der Waals surface area (Å²) in [6, 6.07) is 4.46. The summed E-state index contributed by atoms with van der Waals surface area (Å²) in [6.45, 7) is -4.78. The molecule has 0 saturated heterocycles. The Morgan fingerprint density at radius 2 is 2.08 bits per heavy atom. The number of aliphatic hydroxyl groups is 1. The van der Waals surface area contributed by atoms with Gasteiger partial charge in [0.05, 0.1) is 41.4 Å². The van der Waals surface area contributed by atoms with Crippen molar-refractivity contribution in [3.05, 3.63) is 88.0 Å². The largest absolute Gasteiger partial charge is 0.390 e. The third kappa shape index (κ3) is 4.79. The lowest BCUT2D eigenvalue weighted by molar-refractivity contribution is -0.0584. The normalized spacial score (nSPS) is 15.8. The van der Waals surface area contributed by atoms with Crippen molar-refractivity contribution in [2.45, 2.75) is 37.7 Å². The monoisotopic (exact) mass is 528 g/mol. The average Bonchev–Trinajstić information content (AvgIpc) is 3.67. The molecule has 3 heterocycles. The predicted molar refractivity (Wildman–Crippen MR) is 128 cm³/mol. The third-order valence-corrected chi connectivity index (χ3v) is 5.97. The number of hydrogen-bond donors (Lipinski definition) is 2. The molecule has 4 aromatic rings. The number of benzene rings is 1. The van der Waals surface area contributed by atoms with E-state index in [1.807, 2.05) is 0 Å². The van der Waals surface area contributed by atoms with Crippen LogP contribution in [0.15, 0.2) is 59.8 Å². The Morgan fingerprint density at radius 3 is 2.82 bits per heavy atom. The molecule has 196 valence electrons. The van der Waals surface area contributed by atoms with Crippen molar-refractivity contribution >= 4 is 5.91 Å². The van der Waals surface area contributed by atoms with E-state index < -0.39 is 59.5 Å². The number of alkyl halides is 2. The van der Waals surface area contributed by atoms with Crippen molar-refractivity contribution in [1.82, 2.24) is 35.1 Å². The van der Waals surface area contributed by atoms with Crippen LogP contribution in [-0.2, 0) is 5.92 Å². The summed E-state index contributed by atoms with van der Waals surface area (Å²) in [5, 5.41) is 23.2. The molecule has 0 aliphatic heterocycles. The number of aliphatic hydroxyl groups excluding tert-OH is 1. The van der Waals surface area contributed by atoms with Gasteiger partial charge in [-0.15, -0.1) is 5.10 Å². The Balaban J connectivity index is 1.47. The van der Waals surface area contributed by atoms with Gasteiger partial charge in [-0.05, 0) is 37.9 Å². The Kier molecular flexibility index (Phi) is 5.60. The molecule has 3 aromatic heterocycles. The first-order chi connectivity index (χ1) is 19.4. The summed E-state index contributed by atoms with van der Waals surface area (Å²) < 4.78 is 69.3. The Morgan fingerprint density at radius 1 is 1.26 bits per heavy atom. The minimum atomic E-state index is -3.99. The molecule has 0 bridgehead atoms. The Bertz CT molecular complexity index is 1670. The van der Waals surface area contributed by atoms with Crippen LogP contribution in [0.25, 0.3) is 16.9 Å². The summed E-state index contributed by atoms with van der Waals surface area (Å²) >= 11 is 0. The minimum Gasteiger partial charge on any atom is -0.390 e. The van der Waals surface area contributed by atoms with Crippen LogP contribution in [0.5, 0.6) is 0 Å². The number of nitrogens with zero attached hydrogens (tertiary/aromatic N) is 6. The van der Waals surface area contributed by atoms with Gasteiger partial charge in [-0.3, -0.25) is 14.6 Å². The fourth-order valence-corrected chi connectivity index (χ4v) is 3.86. The number of nitrogens with one attached hydrogen (secondary N) is 1. The van der Waals surface area contributed by atoms with Crippen molar-refractivity contribution in [3.63, 3.8) is 0 Å². The van der Waals surface area contributed by atoms with Crippen LogP contribution in [-0.4, -0.2) is 47.4 Å². The molecule has 10 nitrogen and oxygen atoms in total. The topological polar surface area (TPSA) is 128 Å². The number of aromatic nitrogens is 6. The zero-order valence-electron chi connectivity index (χ0n) is 22.6. The van der Waals surface area contributed by atoms with E-state index in [1.165, 1.54) is 6.20 Å². The van der Waals surface area contributed by atoms with E-state index in [9.17, 15) is 18.4 Å². The number of carbonyl (C=O) groups excluding carboxylic acids is 1. The maximum Gasteiger partial charge on any atom is 0.298 e. The lowest BCUT2D eigenvalue weighted by Crippen LogP contribution is -2.31. The number of carbonyl (C=O) groups is 1. The second-order valence-electron chi connectivity index (χ2n) is 8.67. The summed E-state index contributed by atoms with van der Waals surface area (Å²) in [4.78, 5) is 29.9. The van der Waals surface area contributed by atoms with E-state index in [4.69, 9.17) is 9.22 Å². The molecule has 0 spiro atoms. The Labute approximate surface area is 218 Å². The van der Waals surface area contributed by atoms with E-state index in [0.29, 0.717) is 17.3 Å². The van der Waals surface area contributed by atoms with Gasteiger partial charge in [0.25, 0.3) is 17.4 Å². The lowest BCUT2D eigenvalue weighted by Gasteiger charge is -2.20. The zero-order valence-corrected chi connectivity index (χ0v) is 19.6. The van der Waals surface area contributed by atoms with Gasteiger partial charge in [-0.2, -0.15) is 18.6 Å². The first-order valence-electron chi connectivity index (χ1n) is 13.0. The predicted octanol–water partition coefficient (Wildman–Crippen LogP) is 2.94. The molecule has 1 aromatic carbocycles. The van der Waals surface area contributed by atoms with E-state index in [0.717, 1.165) is 41.8 Å². The molecule has 1 atom stereocenters. The van der Waals surface area contributed by atoms with Gasteiger partial charge in [-0.25, -0.2) is 9.07 Å². The van der Waals surface area contributed by atoms with E-state index >= 15 is 4.39 Å². The first-order valence-corrected chi connectivity index (χ1v) is 11.5. The standard InChI is InChI=1S/C25H22F3N7O3/c1-14(18-3-2-4-19(23(18)26)25(27,28)13-36)31-24(38)20-7-8-22(37)35(32-20)17-9-15(10-29-11-17)21-12-30-33-34(21)16-5-6-16/h2-4,7-12,14,16,36H,5-6,13H2,1H3,(H,31,38)/t14-/m1/s1/i1D3. The molecule has 5 rings (SSSR count). The van der Waals surface area contributed by atoms with Crippen molar-refractivity contribution in [3.8, 4) is 16.9 Å². The van der Waals surface area contributed by atoms with Crippen LogP contribution in [0, 0.1) is 5.82 Å². The van der Waals surface area contributed by atoms with Gasteiger partial charge < -0.3 is 10.4 Å². The second-order valence-corrected chi connectivity index (χ2v) is 8.67. The third-order valence-electron chi connectivity index (χ3n) is 5.97. The molecule has 38 heavy (non-hydrogen) atoms. The van der Waals surface area contributed by atoms with Gasteiger partial charge in [0.15, 0.2) is 0 Å². The van der Waals surface area contributed by atoms with Crippen molar-refractivity contribution in [2.24, 2.45) is 0 Å². The highest BCUT2D eigenvalue weighted by Gasteiger charge is 2.35. The molecule has 1 fully saturated rings. The van der Waals surface area contributed by atoms with Crippen molar-refractivity contribution < 1.29 is 27.2 Å². The number of amides is 1. The van der Waals surface area contributed by atoms with Crippen LogP contribution in [0.4, 0.5) is 13.2 Å². The van der Waals surface area contributed by atoms with Crippen molar-refractivity contribution in [1.29, 1.82) is 0 Å².